The SMILES string of the molecule is COC(=O)c1cccc(NCCC(C)(C)C)c1C. The zero-order chi connectivity index (χ0) is 13.8. The molecule has 0 saturated heterocycles. The summed E-state index contributed by atoms with van der Waals surface area (Å²) in [6, 6.07) is 5.65. The van der Waals surface area contributed by atoms with Gasteiger partial charge in [0.15, 0.2) is 0 Å². The maximum Gasteiger partial charge on any atom is 0.338 e. The molecule has 100 valence electrons. The first-order valence-corrected chi connectivity index (χ1v) is 6.27. The average Bonchev–Trinajstić information content (AvgIpc) is 2.29. The Hall–Kier alpha value is -1.51. The number of esters is 1. The lowest BCUT2D eigenvalue weighted by atomic mass is 9.92. The highest BCUT2D eigenvalue weighted by Gasteiger charge is 2.13. The van der Waals surface area contributed by atoms with Crippen LogP contribution in [0.4, 0.5) is 5.69 Å². The molecule has 0 aliphatic rings. The summed E-state index contributed by atoms with van der Waals surface area (Å²) in [5.74, 6) is -0.285. The van der Waals surface area contributed by atoms with E-state index in [4.69, 9.17) is 4.74 Å². The van der Waals surface area contributed by atoms with E-state index in [1.54, 1.807) is 6.07 Å². The van der Waals surface area contributed by atoms with Crippen LogP contribution in [0.1, 0.15) is 43.1 Å². The van der Waals surface area contributed by atoms with Gasteiger partial charge in [0.2, 0.25) is 0 Å². The van der Waals surface area contributed by atoms with Gasteiger partial charge in [0.25, 0.3) is 0 Å². The van der Waals surface area contributed by atoms with Crippen molar-refractivity contribution >= 4 is 11.7 Å². The molecule has 0 fully saturated rings. The average molecular weight is 249 g/mol. The van der Waals surface area contributed by atoms with Crippen LogP contribution < -0.4 is 5.32 Å². The van der Waals surface area contributed by atoms with Gasteiger partial charge in [-0.25, -0.2) is 4.79 Å². The summed E-state index contributed by atoms with van der Waals surface area (Å²) in [7, 11) is 1.40. The van der Waals surface area contributed by atoms with Crippen molar-refractivity contribution < 1.29 is 9.53 Å². The lowest BCUT2D eigenvalue weighted by molar-refractivity contribution is 0.0600. The summed E-state index contributed by atoms with van der Waals surface area (Å²) in [4.78, 5) is 11.6. The Kier molecular flexibility index (Phi) is 4.76. The number of rotatable bonds is 4. The fourth-order valence-electron chi connectivity index (χ4n) is 1.73. The smallest absolute Gasteiger partial charge is 0.338 e. The van der Waals surface area contributed by atoms with Gasteiger partial charge in [-0.15, -0.1) is 0 Å². The van der Waals surface area contributed by atoms with Crippen molar-refractivity contribution in [1.29, 1.82) is 0 Å². The van der Waals surface area contributed by atoms with Crippen molar-refractivity contribution in [3.8, 4) is 0 Å². The maximum absolute atomic E-state index is 11.6. The number of carbonyl (C=O) groups is 1. The van der Waals surface area contributed by atoms with Gasteiger partial charge in [0.1, 0.15) is 0 Å². The predicted molar refractivity (Wildman–Crippen MR) is 75.1 cm³/mol. The molecular weight excluding hydrogens is 226 g/mol. The van der Waals surface area contributed by atoms with Crippen molar-refractivity contribution in [3.63, 3.8) is 0 Å². The molecule has 0 amide bonds. The normalized spacial score (nSPS) is 11.2. The summed E-state index contributed by atoms with van der Waals surface area (Å²) >= 11 is 0. The minimum atomic E-state index is -0.285. The second kappa shape index (κ2) is 5.89. The van der Waals surface area contributed by atoms with E-state index in [0.29, 0.717) is 11.0 Å². The molecule has 0 heterocycles. The van der Waals surface area contributed by atoms with Crippen molar-refractivity contribution in [2.45, 2.75) is 34.1 Å². The highest BCUT2D eigenvalue weighted by Crippen LogP contribution is 2.22. The van der Waals surface area contributed by atoms with E-state index >= 15 is 0 Å². The zero-order valence-corrected chi connectivity index (χ0v) is 12.0. The van der Waals surface area contributed by atoms with Crippen molar-refractivity contribution in [1.82, 2.24) is 0 Å². The van der Waals surface area contributed by atoms with E-state index in [1.807, 2.05) is 19.1 Å². The van der Waals surface area contributed by atoms with Gasteiger partial charge >= 0.3 is 5.97 Å². The molecule has 1 aromatic rings. The number of nitrogens with one attached hydrogen (secondary N) is 1. The number of methoxy groups -OCH3 is 1. The molecule has 0 radical (unpaired) electrons. The van der Waals surface area contributed by atoms with Gasteiger partial charge < -0.3 is 10.1 Å². The topological polar surface area (TPSA) is 38.3 Å². The maximum atomic E-state index is 11.6. The van der Waals surface area contributed by atoms with E-state index in [0.717, 1.165) is 24.2 Å². The number of carbonyl (C=O) groups excluding carboxylic acids is 1. The molecule has 0 atom stereocenters. The molecule has 0 bridgehead atoms. The molecular formula is C15H23NO2. The van der Waals surface area contributed by atoms with Gasteiger partial charge in [-0.1, -0.05) is 26.8 Å². The first-order chi connectivity index (χ1) is 8.35. The highest BCUT2D eigenvalue weighted by atomic mass is 16.5. The van der Waals surface area contributed by atoms with Crippen LogP contribution >= 0.6 is 0 Å². The lowest BCUT2D eigenvalue weighted by Crippen LogP contribution is -2.14. The Morgan fingerprint density at radius 2 is 2.00 bits per heavy atom. The summed E-state index contributed by atoms with van der Waals surface area (Å²) in [6.07, 6.45) is 1.08. The highest BCUT2D eigenvalue weighted by molar-refractivity contribution is 5.92. The predicted octanol–water partition coefficient (Wildman–Crippen LogP) is 3.63. The van der Waals surface area contributed by atoms with Crippen LogP contribution in [0.2, 0.25) is 0 Å². The van der Waals surface area contributed by atoms with Crippen molar-refractivity contribution in [2.75, 3.05) is 19.0 Å². The molecule has 0 aliphatic heterocycles. The van der Waals surface area contributed by atoms with Gasteiger partial charge in [-0.2, -0.15) is 0 Å². The summed E-state index contributed by atoms with van der Waals surface area (Å²) in [6.45, 7) is 9.48. The summed E-state index contributed by atoms with van der Waals surface area (Å²) in [5.41, 5.74) is 2.87. The first kappa shape index (κ1) is 14.6. The standard InChI is InChI=1S/C15H23NO2/c1-11-12(14(17)18-5)7-6-8-13(11)16-10-9-15(2,3)4/h6-8,16H,9-10H2,1-5H3. The molecule has 0 saturated carbocycles. The fourth-order valence-corrected chi connectivity index (χ4v) is 1.73. The van der Waals surface area contributed by atoms with Gasteiger partial charge in [-0.3, -0.25) is 0 Å². The minimum absolute atomic E-state index is 0.285. The first-order valence-electron chi connectivity index (χ1n) is 6.27. The molecule has 1 N–H and O–H groups in total. The largest absolute Gasteiger partial charge is 0.465 e. The van der Waals surface area contributed by atoms with E-state index in [-0.39, 0.29) is 5.97 Å². The number of benzene rings is 1. The Bertz CT molecular complexity index is 419. The van der Waals surface area contributed by atoms with Crippen LogP contribution in [0.25, 0.3) is 0 Å². The minimum Gasteiger partial charge on any atom is -0.465 e. The summed E-state index contributed by atoms with van der Waals surface area (Å²) in [5, 5.41) is 3.38. The number of ether oxygens (including phenoxy) is 1. The van der Waals surface area contributed by atoms with Crippen LogP contribution in [0.5, 0.6) is 0 Å². The number of anilines is 1. The van der Waals surface area contributed by atoms with E-state index in [9.17, 15) is 4.79 Å². The zero-order valence-electron chi connectivity index (χ0n) is 12.0. The Morgan fingerprint density at radius 1 is 1.33 bits per heavy atom. The Labute approximate surface area is 110 Å². The molecule has 0 unspecified atom stereocenters. The van der Waals surface area contributed by atoms with E-state index < -0.39 is 0 Å². The third kappa shape index (κ3) is 4.06. The molecule has 1 rings (SSSR count). The monoisotopic (exact) mass is 249 g/mol. The Morgan fingerprint density at radius 3 is 2.56 bits per heavy atom. The van der Waals surface area contributed by atoms with Crippen LogP contribution in [0, 0.1) is 12.3 Å². The van der Waals surface area contributed by atoms with Crippen LogP contribution in [0.15, 0.2) is 18.2 Å². The third-order valence-corrected chi connectivity index (χ3v) is 2.93. The number of hydrogen-bond donors (Lipinski definition) is 1. The van der Waals surface area contributed by atoms with Gasteiger partial charge in [-0.05, 0) is 36.5 Å². The fraction of sp³-hybridized carbons (Fsp3) is 0.533. The second-order valence-corrected chi connectivity index (χ2v) is 5.71. The van der Waals surface area contributed by atoms with Crippen LogP contribution in [-0.4, -0.2) is 19.6 Å². The molecule has 3 heteroatoms. The molecule has 18 heavy (non-hydrogen) atoms. The molecule has 0 spiro atoms. The summed E-state index contributed by atoms with van der Waals surface area (Å²) < 4.78 is 4.76. The molecule has 3 nitrogen and oxygen atoms in total. The lowest BCUT2D eigenvalue weighted by Gasteiger charge is -2.19. The quantitative estimate of drug-likeness (QED) is 0.828. The molecule has 0 aliphatic carbocycles. The number of hydrogen-bond acceptors (Lipinski definition) is 3. The van der Waals surface area contributed by atoms with E-state index in [1.165, 1.54) is 7.11 Å². The second-order valence-electron chi connectivity index (χ2n) is 5.71. The van der Waals surface area contributed by atoms with Crippen LogP contribution in [-0.2, 0) is 4.74 Å². The molecule has 0 aromatic heterocycles. The van der Waals surface area contributed by atoms with Crippen molar-refractivity contribution in [2.24, 2.45) is 5.41 Å². The van der Waals surface area contributed by atoms with Crippen molar-refractivity contribution in [3.05, 3.63) is 29.3 Å². The Balaban J connectivity index is 2.75. The molecule has 1 aromatic carbocycles. The van der Waals surface area contributed by atoms with Gasteiger partial charge in [0.05, 0.1) is 12.7 Å². The van der Waals surface area contributed by atoms with E-state index in [2.05, 4.69) is 26.1 Å². The third-order valence-electron chi connectivity index (χ3n) is 2.93. The van der Waals surface area contributed by atoms with Gasteiger partial charge in [0, 0.05) is 12.2 Å². The van der Waals surface area contributed by atoms with Crippen LogP contribution in [0.3, 0.4) is 0 Å².